The van der Waals surface area contributed by atoms with E-state index in [4.69, 9.17) is 27.9 Å². The van der Waals surface area contributed by atoms with Crippen LogP contribution in [0.5, 0.6) is 0 Å². The molecule has 1 aromatic heterocycles. The van der Waals surface area contributed by atoms with Gasteiger partial charge >= 0.3 is 0 Å². The lowest BCUT2D eigenvalue weighted by Gasteiger charge is -2.30. The van der Waals surface area contributed by atoms with Gasteiger partial charge in [-0.25, -0.2) is 4.98 Å². The highest BCUT2D eigenvalue weighted by molar-refractivity contribution is 8.00. The number of benzene rings is 1. The number of aromatic nitrogens is 2. The zero-order valence-electron chi connectivity index (χ0n) is 13.5. The van der Waals surface area contributed by atoms with Gasteiger partial charge in [0.05, 0.1) is 22.9 Å². The second-order valence-electron chi connectivity index (χ2n) is 5.60. The number of nitrogens with zero attached hydrogens (tertiary/aromatic N) is 2. The molecule has 1 atom stereocenters. The molecular weight excluding hydrogens is 351 g/mol. The predicted octanol–water partition coefficient (Wildman–Crippen LogP) is 5.91. The molecule has 0 aliphatic heterocycles. The van der Waals surface area contributed by atoms with Gasteiger partial charge in [-0.2, -0.15) is 0 Å². The number of imidazole rings is 1. The van der Waals surface area contributed by atoms with Crippen molar-refractivity contribution in [2.24, 2.45) is 0 Å². The van der Waals surface area contributed by atoms with E-state index in [1.54, 1.807) is 18.0 Å². The van der Waals surface area contributed by atoms with Gasteiger partial charge in [-0.15, -0.1) is 0 Å². The van der Waals surface area contributed by atoms with E-state index in [2.05, 4.69) is 18.8 Å². The van der Waals surface area contributed by atoms with Gasteiger partial charge in [0.25, 0.3) is 0 Å². The van der Waals surface area contributed by atoms with Gasteiger partial charge in [0.15, 0.2) is 0 Å². The number of thioether (sulfide) groups is 1. The molecule has 1 aromatic carbocycles. The third kappa shape index (κ3) is 6.03. The number of halogens is 2. The Balaban J connectivity index is 2.09. The van der Waals surface area contributed by atoms with Crippen molar-refractivity contribution in [1.82, 2.24) is 9.55 Å². The van der Waals surface area contributed by atoms with Crippen molar-refractivity contribution in [3.8, 4) is 0 Å². The third-order valence-corrected chi connectivity index (χ3v) is 5.32. The zero-order chi connectivity index (χ0) is 16.7. The maximum absolute atomic E-state index is 6.22. The van der Waals surface area contributed by atoms with Crippen molar-refractivity contribution in [2.45, 2.75) is 49.5 Å². The quantitative estimate of drug-likeness (QED) is 0.311. The van der Waals surface area contributed by atoms with Crippen LogP contribution in [0, 0.1) is 0 Å². The number of hydrogen-bond acceptors (Lipinski definition) is 3. The second-order valence-corrected chi connectivity index (χ2v) is 7.96. The van der Waals surface area contributed by atoms with Gasteiger partial charge in [0, 0.05) is 23.9 Å². The Bertz CT molecular complexity index is 607. The summed E-state index contributed by atoms with van der Waals surface area (Å²) in [7, 11) is 0. The van der Waals surface area contributed by atoms with E-state index in [0.717, 1.165) is 17.9 Å². The number of hydrogen-bond donors (Lipinski definition) is 0. The Kier molecular flexibility index (Phi) is 7.28. The second kappa shape index (κ2) is 8.97. The molecule has 0 aliphatic rings. The van der Waals surface area contributed by atoms with Crippen LogP contribution in [0.1, 0.15) is 33.1 Å². The van der Waals surface area contributed by atoms with Crippen molar-refractivity contribution in [3.05, 3.63) is 47.0 Å². The van der Waals surface area contributed by atoms with Gasteiger partial charge in [0.1, 0.15) is 4.93 Å². The molecule has 0 fully saturated rings. The highest BCUT2D eigenvalue weighted by atomic mass is 35.5. The molecular formula is C17H22Cl2N2OS. The highest BCUT2D eigenvalue weighted by Crippen LogP contribution is 2.38. The van der Waals surface area contributed by atoms with Crippen LogP contribution in [-0.4, -0.2) is 21.1 Å². The lowest BCUT2D eigenvalue weighted by atomic mass is 10.3. The maximum Gasteiger partial charge on any atom is 0.133 e. The van der Waals surface area contributed by atoms with E-state index >= 15 is 0 Å². The summed E-state index contributed by atoms with van der Waals surface area (Å²) in [6.07, 6.45) is 8.96. The standard InChI is InChI=1S/C17H22Cl2N2OS/c1-3-4-5-10-22-17(2,12-21-9-8-20-13-21)23-14-6-7-15(18)16(19)11-14/h6-9,11,13H,3-5,10,12H2,1-2H3. The van der Waals surface area contributed by atoms with Crippen molar-refractivity contribution in [1.29, 1.82) is 0 Å². The molecule has 0 bridgehead atoms. The Morgan fingerprint density at radius 2 is 2.09 bits per heavy atom. The van der Waals surface area contributed by atoms with Crippen LogP contribution in [0.2, 0.25) is 10.0 Å². The van der Waals surface area contributed by atoms with E-state index in [-0.39, 0.29) is 0 Å². The van der Waals surface area contributed by atoms with Gasteiger partial charge in [-0.1, -0.05) is 54.7 Å². The van der Waals surface area contributed by atoms with Gasteiger partial charge < -0.3 is 9.30 Å². The molecule has 6 heteroatoms. The van der Waals surface area contributed by atoms with Crippen LogP contribution in [0.25, 0.3) is 0 Å². The van der Waals surface area contributed by atoms with Crippen molar-refractivity contribution in [2.75, 3.05) is 6.61 Å². The Morgan fingerprint density at radius 1 is 1.26 bits per heavy atom. The average molecular weight is 373 g/mol. The fourth-order valence-electron chi connectivity index (χ4n) is 2.25. The third-order valence-electron chi connectivity index (χ3n) is 3.41. The minimum atomic E-state index is -0.397. The largest absolute Gasteiger partial charge is 0.362 e. The van der Waals surface area contributed by atoms with Gasteiger partial charge in [-0.05, 0) is 31.5 Å². The Labute approximate surface area is 152 Å². The summed E-state index contributed by atoms with van der Waals surface area (Å²) < 4.78 is 8.25. The lowest BCUT2D eigenvalue weighted by molar-refractivity contribution is 0.0248. The molecule has 23 heavy (non-hydrogen) atoms. The molecule has 126 valence electrons. The Hall–Kier alpha value is -0.680. The van der Waals surface area contributed by atoms with Crippen molar-refractivity contribution >= 4 is 35.0 Å². The minimum absolute atomic E-state index is 0.397. The zero-order valence-corrected chi connectivity index (χ0v) is 15.8. The SMILES string of the molecule is CCCCCOC(C)(Cn1ccnc1)Sc1ccc(Cl)c(Cl)c1. The first-order valence-electron chi connectivity index (χ1n) is 7.76. The summed E-state index contributed by atoms with van der Waals surface area (Å²) >= 11 is 13.8. The molecule has 0 radical (unpaired) electrons. The monoisotopic (exact) mass is 372 g/mol. The molecule has 0 amide bonds. The van der Waals surface area contributed by atoms with Crippen LogP contribution in [-0.2, 0) is 11.3 Å². The molecule has 2 rings (SSSR count). The lowest BCUT2D eigenvalue weighted by Crippen LogP contribution is -2.30. The maximum atomic E-state index is 6.22. The summed E-state index contributed by atoms with van der Waals surface area (Å²) in [6, 6.07) is 5.68. The van der Waals surface area contributed by atoms with Crippen LogP contribution in [0.3, 0.4) is 0 Å². The minimum Gasteiger partial charge on any atom is -0.362 e. The van der Waals surface area contributed by atoms with Crippen LogP contribution in [0.4, 0.5) is 0 Å². The molecule has 1 heterocycles. The highest BCUT2D eigenvalue weighted by Gasteiger charge is 2.27. The molecule has 2 aromatic rings. The van der Waals surface area contributed by atoms with Crippen LogP contribution in [0.15, 0.2) is 41.8 Å². The summed E-state index contributed by atoms with van der Waals surface area (Å²) in [6.45, 7) is 5.75. The molecule has 3 nitrogen and oxygen atoms in total. The fourth-order valence-corrected chi connectivity index (χ4v) is 3.78. The smallest absolute Gasteiger partial charge is 0.133 e. The number of unbranched alkanes of at least 4 members (excludes halogenated alkanes) is 2. The van der Waals surface area contributed by atoms with E-state index < -0.39 is 4.93 Å². The number of ether oxygens (including phenoxy) is 1. The van der Waals surface area contributed by atoms with Crippen LogP contribution >= 0.6 is 35.0 Å². The van der Waals surface area contributed by atoms with Gasteiger partial charge in [-0.3, -0.25) is 0 Å². The molecule has 0 saturated carbocycles. The molecule has 0 spiro atoms. The number of rotatable bonds is 9. The van der Waals surface area contributed by atoms with E-state index in [9.17, 15) is 0 Å². The average Bonchev–Trinajstić information content (AvgIpc) is 3.00. The van der Waals surface area contributed by atoms with Crippen molar-refractivity contribution < 1.29 is 4.74 Å². The molecule has 0 saturated heterocycles. The van der Waals surface area contributed by atoms with E-state index in [1.807, 2.05) is 35.3 Å². The topological polar surface area (TPSA) is 27.1 Å². The Morgan fingerprint density at radius 3 is 2.74 bits per heavy atom. The molecule has 0 aliphatic carbocycles. The first-order chi connectivity index (χ1) is 11.0. The van der Waals surface area contributed by atoms with Gasteiger partial charge in [0.2, 0.25) is 0 Å². The van der Waals surface area contributed by atoms with Crippen LogP contribution < -0.4 is 0 Å². The summed E-state index contributed by atoms with van der Waals surface area (Å²) in [5.41, 5.74) is 0. The molecule has 1 unspecified atom stereocenters. The summed E-state index contributed by atoms with van der Waals surface area (Å²) in [5, 5.41) is 1.13. The fraction of sp³-hybridized carbons (Fsp3) is 0.471. The first-order valence-corrected chi connectivity index (χ1v) is 9.33. The summed E-state index contributed by atoms with van der Waals surface area (Å²) in [4.78, 5) is 4.75. The predicted molar refractivity (Wildman–Crippen MR) is 98.4 cm³/mol. The van der Waals surface area contributed by atoms with E-state index in [1.165, 1.54) is 12.8 Å². The summed E-state index contributed by atoms with van der Waals surface area (Å²) in [5.74, 6) is 0. The van der Waals surface area contributed by atoms with Crippen molar-refractivity contribution in [3.63, 3.8) is 0 Å². The molecule has 0 N–H and O–H groups in total. The normalized spacial score (nSPS) is 13.9. The van der Waals surface area contributed by atoms with E-state index in [0.29, 0.717) is 16.6 Å². The first kappa shape index (κ1) is 18.7.